The molecule has 0 aliphatic carbocycles. The third-order valence-corrected chi connectivity index (χ3v) is 3.37. The quantitative estimate of drug-likeness (QED) is 0.906. The van der Waals surface area contributed by atoms with E-state index in [1.54, 1.807) is 31.3 Å². The lowest BCUT2D eigenvalue weighted by molar-refractivity contribution is -0.116. The number of halogens is 2. The zero-order valence-corrected chi connectivity index (χ0v) is 12.2. The molecule has 6 nitrogen and oxygen atoms in total. The normalized spacial score (nSPS) is 12.2. The highest BCUT2D eigenvalue weighted by Gasteiger charge is 2.11. The molecular formula is C12H13Cl2N5O. The number of rotatable bonds is 4. The Morgan fingerprint density at radius 3 is 2.90 bits per heavy atom. The number of amides is 1. The number of nitrogens with one attached hydrogen (secondary N) is 1. The average molecular weight is 314 g/mol. The molecule has 0 saturated carbocycles. The zero-order chi connectivity index (χ0) is 14.7. The molecule has 1 amide bonds. The molecule has 1 aromatic heterocycles. The Hall–Kier alpha value is -1.63. The Kier molecular flexibility index (Phi) is 4.59. The first-order valence-electron chi connectivity index (χ1n) is 5.87. The molecule has 1 heterocycles. The lowest BCUT2D eigenvalue weighted by atomic mass is 10.3. The van der Waals surface area contributed by atoms with Gasteiger partial charge in [0.2, 0.25) is 5.91 Å². The molecule has 2 aromatic rings. The second-order valence-corrected chi connectivity index (χ2v) is 5.06. The van der Waals surface area contributed by atoms with Crippen LogP contribution in [0.3, 0.4) is 0 Å². The first-order chi connectivity index (χ1) is 9.47. The summed E-state index contributed by atoms with van der Waals surface area (Å²) >= 11 is 11.9. The molecule has 1 atom stereocenters. The molecule has 1 aromatic carbocycles. The molecule has 106 valence electrons. The summed E-state index contributed by atoms with van der Waals surface area (Å²) in [5.74, 6) is -0.282. The summed E-state index contributed by atoms with van der Waals surface area (Å²) in [5, 5.41) is 11.0. The van der Waals surface area contributed by atoms with Gasteiger partial charge in [-0.05, 0) is 19.1 Å². The Labute approximate surface area is 125 Å². The largest absolute Gasteiger partial charge is 0.323 e. The SMILES string of the molecule is CC(N)c1cn(CC(=O)Nc2cccc(Cl)c2Cl)nn1. The lowest BCUT2D eigenvalue weighted by Crippen LogP contribution is -2.19. The Balaban J connectivity index is 2.03. The molecule has 0 bridgehead atoms. The van der Waals surface area contributed by atoms with Crippen LogP contribution < -0.4 is 11.1 Å². The van der Waals surface area contributed by atoms with E-state index >= 15 is 0 Å². The van der Waals surface area contributed by atoms with Gasteiger partial charge in [-0.2, -0.15) is 0 Å². The molecular weight excluding hydrogens is 301 g/mol. The van der Waals surface area contributed by atoms with Crippen molar-refractivity contribution in [3.63, 3.8) is 0 Å². The van der Waals surface area contributed by atoms with Gasteiger partial charge in [-0.1, -0.05) is 34.5 Å². The van der Waals surface area contributed by atoms with Gasteiger partial charge in [0.25, 0.3) is 0 Å². The number of nitrogens with two attached hydrogens (primary N) is 1. The van der Waals surface area contributed by atoms with E-state index in [1.165, 1.54) is 4.68 Å². The van der Waals surface area contributed by atoms with Crippen LogP contribution in [0.4, 0.5) is 5.69 Å². The van der Waals surface area contributed by atoms with Crippen molar-refractivity contribution < 1.29 is 4.79 Å². The van der Waals surface area contributed by atoms with Crippen LogP contribution in [0, 0.1) is 0 Å². The van der Waals surface area contributed by atoms with Crippen molar-refractivity contribution in [2.75, 3.05) is 5.32 Å². The fraction of sp³-hybridized carbons (Fsp3) is 0.250. The van der Waals surface area contributed by atoms with Gasteiger partial charge in [0, 0.05) is 6.04 Å². The van der Waals surface area contributed by atoms with Crippen molar-refractivity contribution in [3.05, 3.63) is 40.1 Å². The molecule has 3 N–H and O–H groups in total. The molecule has 0 radical (unpaired) electrons. The minimum atomic E-state index is -0.282. The molecule has 0 spiro atoms. The van der Waals surface area contributed by atoms with Crippen LogP contribution in [-0.2, 0) is 11.3 Å². The van der Waals surface area contributed by atoms with Crippen molar-refractivity contribution in [2.24, 2.45) is 5.73 Å². The van der Waals surface area contributed by atoms with E-state index in [1.807, 2.05) is 0 Å². The maximum absolute atomic E-state index is 11.9. The zero-order valence-electron chi connectivity index (χ0n) is 10.7. The van der Waals surface area contributed by atoms with Crippen LogP contribution in [0.1, 0.15) is 18.7 Å². The summed E-state index contributed by atoms with van der Waals surface area (Å²) < 4.78 is 1.41. The van der Waals surface area contributed by atoms with Gasteiger partial charge >= 0.3 is 0 Å². The minimum Gasteiger partial charge on any atom is -0.323 e. The van der Waals surface area contributed by atoms with E-state index in [0.29, 0.717) is 21.4 Å². The Bertz CT molecular complexity index is 626. The van der Waals surface area contributed by atoms with E-state index in [-0.39, 0.29) is 18.5 Å². The van der Waals surface area contributed by atoms with E-state index in [9.17, 15) is 4.79 Å². The first-order valence-corrected chi connectivity index (χ1v) is 6.62. The first kappa shape index (κ1) is 14.8. The minimum absolute atomic E-state index is 0.0164. The smallest absolute Gasteiger partial charge is 0.246 e. The van der Waals surface area contributed by atoms with Crippen LogP contribution in [0.5, 0.6) is 0 Å². The number of nitrogens with zero attached hydrogens (tertiary/aromatic N) is 3. The predicted octanol–water partition coefficient (Wildman–Crippen LogP) is 2.24. The fourth-order valence-electron chi connectivity index (χ4n) is 1.54. The number of aromatic nitrogens is 3. The van der Waals surface area contributed by atoms with Gasteiger partial charge in [0.1, 0.15) is 6.54 Å². The summed E-state index contributed by atoms with van der Waals surface area (Å²) in [4.78, 5) is 11.9. The number of anilines is 1. The third-order valence-electron chi connectivity index (χ3n) is 2.55. The number of carbonyl (C=O) groups is 1. The maximum atomic E-state index is 11.9. The highest BCUT2D eigenvalue weighted by atomic mass is 35.5. The Morgan fingerprint density at radius 2 is 2.25 bits per heavy atom. The number of hydrogen-bond donors (Lipinski definition) is 2. The summed E-state index contributed by atoms with van der Waals surface area (Å²) in [6.07, 6.45) is 1.63. The highest BCUT2D eigenvalue weighted by molar-refractivity contribution is 6.43. The van der Waals surface area contributed by atoms with Crippen LogP contribution in [0.25, 0.3) is 0 Å². The summed E-state index contributed by atoms with van der Waals surface area (Å²) in [7, 11) is 0. The van der Waals surface area contributed by atoms with E-state index in [2.05, 4.69) is 15.6 Å². The highest BCUT2D eigenvalue weighted by Crippen LogP contribution is 2.29. The third kappa shape index (κ3) is 3.47. The number of benzene rings is 1. The van der Waals surface area contributed by atoms with Gasteiger partial charge in [-0.3, -0.25) is 4.79 Å². The standard InChI is InChI=1S/C12H13Cl2N5O/c1-7(15)10-5-19(18-17-10)6-11(20)16-9-4-2-3-8(13)12(9)14/h2-5,7H,6,15H2,1H3,(H,16,20). The van der Waals surface area contributed by atoms with Crippen LogP contribution in [0.2, 0.25) is 10.0 Å². The van der Waals surface area contributed by atoms with Crippen LogP contribution in [0.15, 0.2) is 24.4 Å². The second-order valence-electron chi connectivity index (χ2n) is 4.28. The predicted molar refractivity (Wildman–Crippen MR) is 77.7 cm³/mol. The van der Waals surface area contributed by atoms with Gasteiger partial charge in [-0.15, -0.1) is 5.10 Å². The molecule has 20 heavy (non-hydrogen) atoms. The van der Waals surface area contributed by atoms with Crippen LogP contribution in [-0.4, -0.2) is 20.9 Å². The van der Waals surface area contributed by atoms with Crippen molar-refractivity contribution >= 4 is 34.8 Å². The molecule has 0 saturated heterocycles. The van der Waals surface area contributed by atoms with Crippen molar-refractivity contribution in [1.29, 1.82) is 0 Å². The maximum Gasteiger partial charge on any atom is 0.246 e. The topological polar surface area (TPSA) is 85.8 Å². The molecule has 0 aliphatic rings. The van der Waals surface area contributed by atoms with Crippen molar-refractivity contribution in [3.8, 4) is 0 Å². The van der Waals surface area contributed by atoms with E-state index < -0.39 is 0 Å². The van der Waals surface area contributed by atoms with Gasteiger partial charge in [0.15, 0.2) is 0 Å². The second kappa shape index (κ2) is 6.21. The molecule has 8 heteroatoms. The average Bonchev–Trinajstić information content (AvgIpc) is 2.83. The summed E-state index contributed by atoms with van der Waals surface area (Å²) in [6.45, 7) is 1.81. The number of carbonyl (C=O) groups excluding carboxylic acids is 1. The molecule has 1 unspecified atom stereocenters. The van der Waals surface area contributed by atoms with Crippen molar-refractivity contribution in [1.82, 2.24) is 15.0 Å². The lowest BCUT2D eigenvalue weighted by Gasteiger charge is -2.07. The molecule has 2 rings (SSSR count). The van der Waals surface area contributed by atoms with Crippen molar-refractivity contribution in [2.45, 2.75) is 19.5 Å². The monoisotopic (exact) mass is 313 g/mol. The Morgan fingerprint density at radius 1 is 1.50 bits per heavy atom. The van der Waals surface area contributed by atoms with E-state index in [4.69, 9.17) is 28.9 Å². The van der Waals surface area contributed by atoms with Gasteiger partial charge in [0.05, 0.1) is 27.6 Å². The number of hydrogen-bond acceptors (Lipinski definition) is 4. The summed E-state index contributed by atoms with van der Waals surface area (Å²) in [6, 6.07) is 4.79. The van der Waals surface area contributed by atoms with Gasteiger partial charge < -0.3 is 11.1 Å². The molecule has 0 aliphatic heterocycles. The van der Waals surface area contributed by atoms with E-state index in [0.717, 1.165) is 0 Å². The van der Waals surface area contributed by atoms with Crippen LogP contribution >= 0.6 is 23.2 Å². The summed E-state index contributed by atoms with van der Waals surface area (Å²) in [5.41, 5.74) is 6.75. The van der Waals surface area contributed by atoms with Gasteiger partial charge in [-0.25, -0.2) is 4.68 Å². The fourth-order valence-corrected chi connectivity index (χ4v) is 1.88. The molecule has 0 fully saturated rings.